The molecule has 2 aromatic carbocycles. The molecular formula is C21H21FN6O2. The lowest BCUT2D eigenvalue weighted by Gasteiger charge is -2.14. The molecule has 0 N–H and O–H groups in total. The van der Waals surface area contributed by atoms with Crippen molar-refractivity contribution in [3.8, 4) is 11.1 Å². The number of hydrogen-bond donors (Lipinski definition) is 0. The van der Waals surface area contributed by atoms with Gasteiger partial charge in [-0.2, -0.15) is 4.80 Å². The van der Waals surface area contributed by atoms with Crippen molar-refractivity contribution in [1.29, 1.82) is 0 Å². The van der Waals surface area contributed by atoms with Crippen molar-refractivity contribution >= 4 is 17.7 Å². The van der Waals surface area contributed by atoms with Gasteiger partial charge in [0.15, 0.2) is 0 Å². The second kappa shape index (κ2) is 7.08. The molecule has 9 heteroatoms. The van der Waals surface area contributed by atoms with Gasteiger partial charge in [-0.15, -0.1) is 5.10 Å². The predicted molar refractivity (Wildman–Crippen MR) is 108 cm³/mol. The molecule has 1 amide bonds. The van der Waals surface area contributed by atoms with Crippen molar-refractivity contribution < 1.29 is 13.9 Å². The van der Waals surface area contributed by atoms with Crippen molar-refractivity contribution in [3.05, 3.63) is 53.3 Å². The molecule has 3 aromatic rings. The van der Waals surface area contributed by atoms with Crippen molar-refractivity contribution in [2.75, 3.05) is 16.3 Å². The highest BCUT2D eigenvalue weighted by Crippen LogP contribution is 2.33. The Morgan fingerprint density at radius 2 is 2.00 bits per heavy atom. The van der Waals surface area contributed by atoms with Crippen molar-refractivity contribution in [2.24, 2.45) is 7.05 Å². The normalized spacial score (nSPS) is 18.1. The number of aromatic nitrogens is 4. The second-order valence-corrected chi connectivity index (χ2v) is 7.61. The Balaban J connectivity index is 1.39. The van der Waals surface area contributed by atoms with Crippen molar-refractivity contribution in [2.45, 2.75) is 32.5 Å². The fraction of sp³-hybridized carbons (Fsp3) is 0.333. The van der Waals surface area contributed by atoms with Crippen LogP contribution in [-0.2, 0) is 24.9 Å². The van der Waals surface area contributed by atoms with Gasteiger partial charge in [0, 0.05) is 18.7 Å². The molecule has 5 rings (SSSR count). The SMILES string of the molecule is CC[C@H]1CN(c2ccc(-c3ccc4c(c3)CN(c3nnn(C)n3)C4)c(F)c2)C(=O)O1. The Hall–Kier alpha value is -3.49. The van der Waals surface area contributed by atoms with E-state index in [0.29, 0.717) is 36.8 Å². The van der Waals surface area contributed by atoms with Gasteiger partial charge < -0.3 is 9.64 Å². The maximum absolute atomic E-state index is 15.0. The number of halogens is 1. The molecule has 154 valence electrons. The molecule has 0 aliphatic carbocycles. The molecule has 0 unspecified atom stereocenters. The summed E-state index contributed by atoms with van der Waals surface area (Å²) in [5.74, 6) is 0.208. The second-order valence-electron chi connectivity index (χ2n) is 7.61. The summed E-state index contributed by atoms with van der Waals surface area (Å²) in [7, 11) is 1.73. The molecule has 1 saturated heterocycles. The zero-order chi connectivity index (χ0) is 20.8. The lowest BCUT2D eigenvalue weighted by molar-refractivity contribution is 0.139. The number of aryl methyl sites for hydroxylation is 1. The first-order valence-corrected chi connectivity index (χ1v) is 9.90. The molecule has 1 aromatic heterocycles. The van der Waals surface area contributed by atoms with Crippen LogP contribution in [0.15, 0.2) is 36.4 Å². The smallest absolute Gasteiger partial charge is 0.414 e. The van der Waals surface area contributed by atoms with Crippen LogP contribution < -0.4 is 9.80 Å². The maximum atomic E-state index is 15.0. The zero-order valence-corrected chi connectivity index (χ0v) is 16.7. The molecule has 8 nitrogen and oxygen atoms in total. The summed E-state index contributed by atoms with van der Waals surface area (Å²) in [4.78, 5) is 17.0. The molecule has 2 aliphatic rings. The average Bonchev–Trinajstić information content (AvgIpc) is 3.44. The van der Waals surface area contributed by atoms with Gasteiger partial charge in [0.1, 0.15) is 11.9 Å². The Morgan fingerprint density at radius 3 is 2.70 bits per heavy atom. The number of anilines is 2. The monoisotopic (exact) mass is 408 g/mol. The van der Waals surface area contributed by atoms with Crippen LogP contribution in [0.2, 0.25) is 0 Å². The number of amides is 1. The number of hydrogen-bond acceptors (Lipinski definition) is 6. The highest BCUT2D eigenvalue weighted by Gasteiger charge is 2.31. The quantitative estimate of drug-likeness (QED) is 0.660. The lowest BCUT2D eigenvalue weighted by atomic mass is 10.00. The Morgan fingerprint density at radius 1 is 1.17 bits per heavy atom. The summed E-state index contributed by atoms with van der Waals surface area (Å²) < 4.78 is 20.2. The average molecular weight is 408 g/mol. The first-order chi connectivity index (χ1) is 14.5. The van der Waals surface area contributed by atoms with Crippen LogP contribution in [-0.4, -0.2) is 38.9 Å². The molecule has 0 spiro atoms. The minimum atomic E-state index is -0.427. The van der Waals surface area contributed by atoms with E-state index in [-0.39, 0.29) is 11.9 Å². The highest BCUT2D eigenvalue weighted by molar-refractivity contribution is 5.90. The van der Waals surface area contributed by atoms with Crippen LogP contribution in [0.4, 0.5) is 20.8 Å². The lowest BCUT2D eigenvalue weighted by Crippen LogP contribution is -2.24. The Kier molecular flexibility index (Phi) is 4.38. The number of cyclic esters (lactones) is 1. The molecule has 2 aliphatic heterocycles. The number of carbonyl (C=O) groups excluding carboxylic acids is 1. The van der Waals surface area contributed by atoms with E-state index in [0.717, 1.165) is 23.1 Å². The van der Waals surface area contributed by atoms with E-state index in [1.54, 1.807) is 19.2 Å². The van der Waals surface area contributed by atoms with Crippen molar-refractivity contribution in [1.82, 2.24) is 20.2 Å². The largest absolute Gasteiger partial charge is 0.444 e. The number of fused-ring (bicyclic) bond motifs is 1. The summed E-state index contributed by atoms with van der Waals surface area (Å²) in [5, 5.41) is 12.2. The van der Waals surface area contributed by atoms with Crippen molar-refractivity contribution in [3.63, 3.8) is 0 Å². The summed E-state index contributed by atoms with van der Waals surface area (Å²) in [6, 6.07) is 10.8. The fourth-order valence-corrected chi connectivity index (χ4v) is 3.96. The number of benzene rings is 2. The summed E-state index contributed by atoms with van der Waals surface area (Å²) >= 11 is 0. The van der Waals surface area contributed by atoms with Gasteiger partial charge in [-0.1, -0.05) is 24.2 Å². The van der Waals surface area contributed by atoms with Gasteiger partial charge in [-0.05, 0) is 52.6 Å². The molecule has 0 radical (unpaired) electrons. The standard InChI is InChI=1S/C21H21FN6O2/c1-3-17-12-28(21(29)30-17)16-6-7-18(19(22)9-16)13-4-5-14-10-27(11-15(14)8-13)20-23-25-26(2)24-20/h4-9,17H,3,10-12H2,1-2H3/t17-/m0/s1. The third-order valence-electron chi connectivity index (χ3n) is 5.61. The predicted octanol–water partition coefficient (Wildman–Crippen LogP) is 3.27. The Bertz CT molecular complexity index is 1130. The summed E-state index contributed by atoms with van der Waals surface area (Å²) in [6.07, 6.45) is 0.159. The van der Waals surface area contributed by atoms with Gasteiger partial charge in [0.25, 0.3) is 5.95 Å². The van der Waals surface area contributed by atoms with Gasteiger partial charge in [0.05, 0.1) is 19.3 Å². The van der Waals surface area contributed by atoms with E-state index in [1.807, 2.05) is 30.0 Å². The van der Waals surface area contributed by atoms with E-state index >= 15 is 0 Å². The van der Waals surface area contributed by atoms with Crippen LogP contribution in [0.1, 0.15) is 24.5 Å². The molecular weight excluding hydrogens is 387 g/mol. The minimum Gasteiger partial charge on any atom is -0.444 e. The zero-order valence-electron chi connectivity index (χ0n) is 16.7. The maximum Gasteiger partial charge on any atom is 0.414 e. The van der Waals surface area contributed by atoms with Gasteiger partial charge in [-0.3, -0.25) is 4.90 Å². The van der Waals surface area contributed by atoms with Gasteiger partial charge in [-0.25, -0.2) is 9.18 Å². The Labute approximate surface area is 172 Å². The highest BCUT2D eigenvalue weighted by atomic mass is 19.1. The van der Waals surface area contributed by atoms with E-state index in [4.69, 9.17) is 4.74 Å². The third-order valence-corrected chi connectivity index (χ3v) is 5.61. The number of nitrogens with zero attached hydrogens (tertiary/aromatic N) is 6. The van der Waals surface area contributed by atoms with E-state index in [9.17, 15) is 9.18 Å². The van der Waals surface area contributed by atoms with Crippen LogP contribution in [0.5, 0.6) is 0 Å². The van der Waals surface area contributed by atoms with Crippen LogP contribution in [0.3, 0.4) is 0 Å². The fourth-order valence-electron chi connectivity index (χ4n) is 3.96. The molecule has 30 heavy (non-hydrogen) atoms. The number of ether oxygens (including phenoxy) is 1. The van der Waals surface area contributed by atoms with Crippen LogP contribution in [0.25, 0.3) is 11.1 Å². The topological polar surface area (TPSA) is 76.4 Å². The van der Waals surface area contributed by atoms with E-state index in [2.05, 4.69) is 15.4 Å². The third kappa shape index (κ3) is 3.16. The van der Waals surface area contributed by atoms with Gasteiger partial charge in [0.2, 0.25) is 0 Å². The number of tetrazole rings is 1. The van der Waals surface area contributed by atoms with E-state index in [1.165, 1.54) is 15.8 Å². The van der Waals surface area contributed by atoms with Crippen LogP contribution >= 0.6 is 0 Å². The minimum absolute atomic E-state index is 0.149. The van der Waals surface area contributed by atoms with Crippen LogP contribution in [0, 0.1) is 5.82 Å². The molecule has 1 fully saturated rings. The molecule has 0 saturated carbocycles. The first kappa shape index (κ1) is 18.5. The molecule has 0 bridgehead atoms. The number of carbonyl (C=O) groups is 1. The summed E-state index contributed by atoms with van der Waals surface area (Å²) in [5.41, 5.74) is 4.07. The summed E-state index contributed by atoms with van der Waals surface area (Å²) in [6.45, 7) is 3.74. The van der Waals surface area contributed by atoms with Gasteiger partial charge >= 0.3 is 6.09 Å². The number of rotatable bonds is 4. The molecule has 1 atom stereocenters. The van der Waals surface area contributed by atoms with E-state index < -0.39 is 6.09 Å². The first-order valence-electron chi connectivity index (χ1n) is 9.90. The molecule has 3 heterocycles.